The molecule has 216 valence electrons. The number of hydrogen-bond acceptors (Lipinski definition) is 5. The SMILES string of the molecule is CCOc1cc2c(cc1OCC)[C@@H]1[C@H](C(=O)NCCCN(CC)c3cccc(C)c3)c3ccccc3C(=O)N1CC2. The summed E-state index contributed by atoms with van der Waals surface area (Å²) in [7, 11) is 0. The summed E-state index contributed by atoms with van der Waals surface area (Å²) in [5.41, 5.74) is 5.89. The first-order valence-corrected chi connectivity index (χ1v) is 14.9. The lowest BCUT2D eigenvalue weighted by molar-refractivity contribution is -0.124. The Balaban J connectivity index is 1.41. The largest absolute Gasteiger partial charge is 0.490 e. The van der Waals surface area contributed by atoms with Crippen molar-refractivity contribution >= 4 is 17.5 Å². The third kappa shape index (κ3) is 5.76. The second-order valence-electron chi connectivity index (χ2n) is 10.7. The van der Waals surface area contributed by atoms with E-state index in [-0.39, 0.29) is 11.8 Å². The third-order valence-corrected chi connectivity index (χ3v) is 8.12. The summed E-state index contributed by atoms with van der Waals surface area (Å²) in [5.74, 6) is 0.756. The van der Waals surface area contributed by atoms with E-state index < -0.39 is 12.0 Å². The van der Waals surface area contributed by atoms with Crippen molar-refractivity contribution < 1.29 is 19.1 Å². The van der Waals surface area contributed by atoms with Gasteiger partial charge >= 0.3 is 0 Å². The first-order chi connectivity index (χ1) is 20.0. The molecule has 2 heterocycles. The molecule has 0 bridgehead atoms. The van der Waals surface area contributed by atoms with E-state index >= 15 is 0 Å². The fourth-order valence-corrected chi connectivity index (χ4v) is 6.24. The van der Waals surface area contributed by atoms with E-state index in [0.717, 1.165) is 36.2 Å². The van der Waals surface area contributed by atoms with E-state index in [4.69, 9.17) is 9.47 Å². The van der Waals surface area contributed by atoms with E-state index in [1.165, 1.54) is 11.3 Å². The van der Waals surface area contributed by atoms with Gasteiger partial charge in [0.2, 0.25) is 5.91 Å². The van der Waals surface area contributed by atoms with Gasteiger partial charge in [-0.25, -0.2) is 0 Å². The number of benzene rings is 3. The number of carbonyl (C=O) groups excluding carboxylic acids is 2. The highest BCUT2D eigenvalue weighted by molar-refractivity contribution is 6.01. The van der Waals surface area contributed by atoms with Crippen molar-refractivity contribution in [3.8, 4) is 11.5 Å². The lowest BCUT2D eigenvalue weighted by Crippen LogP contribution is -2.50. The Kier molecular flexibility index (Phi) is 8.81. The predicted molar refractivity (Wildman–Crippen MR) is 162 cm³/mol. The molecule has 2 atom stereocenters. The number of nitrogens with zero attached hydrogens (tertiary/aromatic N) is 2. The molecule has 41 heavy (non-hydrogen) atoms. The zero-order valence-electron chi connectivity index (χ0n) is 24.6. The Morgan fingerprint density at radius 1 is 0.976 bits per heavy atom. The molecule has 3 aromatic rings. The molecule has 0 spiro atoms. The molecule has 2 aliphatic rings. The summed E-state index contributed by atoms with van der Waals surface area (Å²) < 4.78 is 11.8. The Labute approximate surface area is 243 Å². The number of rotatable bonds is 11. The zero-order chi connectivity index (χ0) is 28.9. The van der Waals surface area contributed by atoms with Crippen molar-refractivity contribution in [2.45, 2.75) is 52.5 Å². The van der Waals surface area contributed by atoms with Gasteiger partial charge in [0, 0.05) is 37.4 Å². The van der Waals surface area contributed by atoms with Gasteiger partial charge in [0.05, 0.1) is 25.2 Å². The van der Waals surface area contributed by atoms with Crippen LogP contribution in [-0.2, 0) is 11.2 Å². The van der Waals surface area contributed by atoms with Crippen molar-refractivity contribution in [3.05, 3.63) is 88.5 Å². The summed E-state index contributed by atoms with van der Waals surface area (Å²) >= 11 is 0. The first-order valence-electron chi connectivity index (χ1n) is 14.9. The highest BCUT2D eigenvalue weighted by atomic mass is 16.5. The topological polar surface area (TPSA) is 71.1 Å². The molecule has 0 saturated heterocycles. The van der Waals surface area contributed by atoms with Gasteiger partial charge in [-0.1, -0.05) is 30.3 Å². The second-order valence-corrected chi connectivity index (χ2v) is 10.7. The minimum Gasteiger partial charge on any atom is -0.490 e. The van der Waals surface area contributed by atoms with Crippen molar-refractivity contribution in [3.63, 3.8) is 0 Å². The Hall–Kier alpha value is -4.00. The number of hydrogen-bond donors (Lipinski definition) is 1. The molecule has 5 rings (SSSR count). The summed E-state index contributed by atoms with van der Waals surface area (Å²) in [6.45, 7) is 12.0. The molecule has 1 N–H and O–H groups in total. The molecular formula is C34H41N3O4. The Morgan fingerprint density at radius 3 is 2.46 bits per heavy atom. The Morgan fingerprint density at radius 2 is 1.73 bits per heavy atom. The number of anilines is 1. The minimum atomic E-state index is -0.519. The highest BCUT2D eigenvalue weighted by Gasteiger charge is 2.46. The number of fused-ring (bicyclic) bond motifs is 4. The van der Waals surface area contributed by atoms with Gasteiger partial charge in [0.15, 0.2) is 11.5 Å². The van der Waals surface area contributed by atoms with Crippen LogP contribution in [0, 0.1) is 6.92 Å². The molecule has 2 amide bonds. The molecule has 0 fully saturated rings. The fraction of sp³-hybridized carbons (Fsp3) is 0.412. The molecule has 0 saturated carbocycles. The summed E-state index contributed by atoms with van der Waals surface area (Å²) in [5, 5.41) is 3.23. The third-order valence-electron chi connectivity index (χ3n) is 8.12. The lowest BCUT2D eigenvalue weighted by atomic mass is 9.75. The molecule has 0 radical (unpaired) electrons. The van der Waals surface area contributed by atoms with Gasteiger partial charge in [-0.05, 0) is 93.1 Å². The van der Waals surface area contributed by atoms with Crippen LogP contribution in [0.2, 0.25) is 0 Å². The number of nitrogens with one attached hydrogen (secondary N) is 1. The number of amides is 2. The van der Waals surface area contributed by atoms with Gasteiger partial charge in [-0.15, -0.1) is 0 Å². The predicted octanol–water partition coefficient (Wildman–Crippen LogP) is 5.66. The maximum atomic E-state index is 14.0. The first kappa shape index (κ1) is 28.5. The van der Waals surface area contributed by atoms with Gasteiger partial charge in [0.25, 0.3) is 5.91 Å². The quantitative estimate of drug-likeness (QED) is 0.309. The molecule has 0 aromatic heterocycles. The highest BCUT2D eigenvalue weighted by Crippen LogP contribution is 2.48. The van der Waals surface area contributed by atoms with Crippen LogP contribution in [0.3, 0.4) is 0 Å². The molecule has 3 aromatic carbocycles. The van der Waals surface area contributed by atoms with E-state index in [2.05, 4.69) is 48.3 Å². The normalized spacial score (nSPS) is 17.3. The van der Waals surface area contributed by atoms with E-state index in [0.29, 0.717) is 49.8 Å². The van der Waals surface area contributed by atoms with Crippen LogP contribution in [0.5, 0.6) is 11.5 Å². The zero-order valence-corrected chi connectivity index (χ0v) is 24.6. The van der Waals surface area contributed by atoms with Crippen molar-refractivity contribution in [2.75, 3.05) is 44.3 Å². The van der Waals surface area contributed by atoms with Crippen molar-refractivity contribution in [1.29, 1.82) is 0 Å². The van der Waals surface area contributed by atoms with E-state index in [1.807, 2.05) is 55.1 Å². The molecule has 7 nitrogen and oxygen atoms in total. The second kappa shape index (κ2) is 12.7. The van der Waals surface area contributed by atoms with Crippen LogP contribution in [0.25, 0.3) is 0 Å². The molecule has 0 aliphatic carbocycles. The number of ether oxygens (including phenoxy) is 2. The molecule has 7 heteroatoms. The van der Waals surface area contributed by atoms with E-state index in [1.54, 1.807) is 0 Å². The van der Waals surface area contributed by atoms with Gasteiger partial charge < -0.3 is 24.6 Å². The molecular weight excluding hydrogens is 514 g/mol. The smallest absolute Gasteiger partial charge is 0.254 e. The maximum Gasteiger partial charge on any atom is 0.254 e. The lowest BCUT2D eigenvalue weighted by Gasteiger charge is -2.45. The molecule has 2 aliphatic heterocycles. The van der Waals surface area contributed by atoms with Gasteiger partial charge in [-0.2, -0.15) is 0 Å². The average Bonchev–Trinajstić information content (AvgIpc) is 2.98. The fourth-order valence-electron chi connectivity index (χ4n) is 6.24. The van der Waals surface area contributed by atoms with Crippen LogP contribution in [0.1, 0.15) is 71.8 Å². The van der Waals surface area contributed by atoms with Gasteiger partial charge in [0.1, 0.15) is 0 Å². The van der Waals surface area contributed by atoms with Crippen LogP contribution in [-0.4, -0.2) is 56.1 Å². The summed E-state index contributed by atoms with van der Waals surface area (Å²) in [4.78, 5) is 31.9. The number of aryl methyl sites for hydroxylation is 1. The standard InChI is InChI=1S/C34H41N3O4/c1-5-36(25-13-10-12-23(4)20-25)18-11-17-35-33(38)31-26-14-8-9-15-27(26)34(39)37-19-16-24-21-29(40-6-2)30(41-7-3)22-28(24)32(31)37/h8-10,12-15,20-22,31-32H,5-7,11,16-19H2,1-4H3,(H,35,38)/t31-,32-/m1/s1. The monoisotopic (exact) mass is 555 g/mol. The van der Waals surface area contributed by atoms with Crippen LogP contribution >= 0.6 is 0 Å². The van der Waals surface area contributed by atoms with Crippen molar-refractivity contribution in [1.82, 2.24) is 10.2 Å². The van der Waals surface area contributed by atoms with E-state index in [9.17, 15) is 9.59 Å². The molecule has 0 unspecified atom stereocenters. The van der Waals surface area contributed by atoms with Crippen LogP contribution in [0.4, 0.5) is 5.69 Å². The minimum absolute atomic E-state index is 0.0242. The Bertz CT molecular complexity index is 1400. The van der Waals surface area contributed by atoms with Crippen molar-refractivity contribution in [2.24, 2.45) is 0 Å². The van der Waals surface area contributed by atoms with Crippen LogP contribution in [0.15, 0.2) is 60.7 Å². The summed E-state index contributed by atoms with van der Waals surface area (Å²) in [6.07, 6.45) is 1.52. The number of carbonyl (C=O) groups is 2. The maximum absolute atomic E-state index is 14.0. The van der Waals surface area contributed by atoms with Gasteiger partial charge in [-0.3, -0.25) is 9.59 Å². The van der Waals surface area contributed by atoms with Crippen LogP contribution < -0.4 is 19.7 Å². The summed E-state index contributed by atoms with van der Waals surface area (Å²) in [6, 6.07) is 19.7. The average molecular weight is 556 g/mol.